The van der Waals surface area contributed by atoms with E-state index in [4.69, 9.17) is 9.97 Å². The van der Waals surface area contributed by atoms with Crippen molar-refractivity contribution in [1.82, 2.24) is 24.8 Å². The average Bonchev–Trinajstić information content (AvgIpc) is 1.38. The van der Waals surface area contributed by atoms with Crippen LogP contribution in [-0.2, 0) is 15.6 Å². The van der Waals surface area contributed by atoms with Crippen molar-refractivity contribution in [2.45, 2.75) is 108 Å². The molecule has 0 saturated heterocycles. The Morgan fingerprint density at radius 2 is 0.769 bits per heavy atom. The molecule has 3 aromatic heterocycles. The first-order valence-corrected chi connectivity index (χ1v) is 39.6. The molecular formula is C98H41N5O5. The summed E-state index contributed by atoms with van der Waals surface area (Å²) in [4.78, 5) is 80.6. The van der Waals surface area contributed by atoms with Gasteiger partial charge < -0.3 is 15.1 Å². The lowest BCUT2D eigenvalue weighted by molar-refractivity contribution is -0.137. The van der Waals surface area contributed by atoms with E-state index in [0.29, 0.717) is 51.0 Å². The number of nitrogens with zero attached hydrogens (tertiary/aromatic N) is 3. The molecular weight excluding hydrogens is 1330 g/mol. The van der Waals surface area contributed by atoms with E-state index in [1.165, 1.54) is 64.6 Å². The van der Waals surface area contributed by atoms with Crippen LogP contribution < -0.4 is 0 Å². The van der Waals surface area contributed by atoms with Gasteiger partial charge in [0, 0.05) is 74.6 Å². The Bertz CT molecular complexity index is 9770. The number of nitrogens with one attached hydrogen (secondary N) is 2. The predicted octanol–water partition coefficient (Wildman–Crippen LogP) is 23.8. The fourth-order valence-corrected chi connectivity index (χ4v) is 32.7. The SMILES string of the molecule is CC[C@@H]1c2cc3[nH]c4c(c5nc(cc6[nH]c(cc(n2)[C@H]1C)c(C(C)=O)c6C)[C@@H](C)[C@@H]5CCC(=O)O)C(=O)N(CC1=CCC25c6c7c8c9c%10c%11c(c%12c%13c2c2c6c6c%14c7c7c8c8c%10c%10c%15c%11c%11c%12c%12c%13c%13c2c2c6c6c%14c%14c7c7c8c%10c8c%10c%15c%11c%11c%12c%12c%13c2c2c6c6c%14c7c8c7c%10c%11c%12c2c67)C95C1)C(=O)c4c3C. The van der Waals surface area contributed by atoms with Gasteiger partial charge in [-0.15, -0.1) is 0 Å². The lowest BCUT2D eigenvalue weighted by atomic mass is 9.44. The van der Waals surface area contributed by atoms with Crippen LogP contribution >= 0.6 is 0 Å². The summed E-state index contributed by atoms with van der Waals surface area (Å²) in [5.41, 5.74) is 14.7. The number of Topliss-reactive ketones (excluding diaryl/α,β-unsaturated/α-hetero) is 1. The molecule has 488 valence electrons. The Kier molecular flexibility index (Phi) is 5.67. The zero-order chi connectivity index (χ0) is 68.7. The molecule has 39 rings (SSSR count). The zero-order valence-electron chi connectivity index (χ0n) is 58.3. The fraction of sp³-hybridized carbons (Fsp3) is 0.184. The monoisotopic (exact) mass is 1370 g/mol. The number of carboxylic acid groups (broad SMARTS) is 1. The number of rotatable bonds is 7. The normalized spacial score (nSPS) is 22.9. The Hall–Kier alpha value is -12.4. The molecule has 0 saturated carbocycles. The van der Waals surface area contributed by atoms with Gasteiger partial charge in [0.15, 0.2) is 5.78 Å². The van der Waals surface area contributed by atoms with Crippen molar-refractivity contribution >= 4 is 336 Å². The van der Waals surface area contributed by atoms with E-state index in [2.05, 4.69) is 42.9 Å². The van der Waals surface area contributed by atoms with E-state index in [1.54, 1.807) is 260 Å². The lowest BCUT2D eigenvalue weighted by Gasteiger charge is -2.57. The highest BCUT2D eigenvalue weighted by molar-refractivity contribution is 6.82. The van der Waals surface area contributed by atoms with E-state index in [0.717, 1.165) is 46.4 Å². The van der Waals surface area contributed by atoms with Crippen molar-refractivity contribution in [1.29, 1.82) is 0 Å². The molecule has 3 N–H and O–H groups in total. The Morgan fingerprint density at radius 3 is 1.15 bits per heavy atom. The van der Waals surface area contributed by atoms with Gasteiger partial charge >= 0.3 is 5.97 Å². The molecule has 8 aliphatic rings. The molecule has 4 atom stereocenters. The van der Waals surface area contributed by atoms with Gasteiger partial charge in [0.25, 0.3) is 11.8 Å². The summed E-state index contributed by atoms with van der Waals surface area (Å²) in [6.45, 7) is 12.2. The summed E-state index contributed by atoms with van der Waals surface area (Å²) in [5.74, 6) is -2.49. The quantitative estimate of drug-likeness (QED) is 0.0622. The molecule has 108 heavy (non-hydrogen) atoms. The Balaban J connectivity index is 0.693. The van der Waals surface area contributed by atoms with Gasteiger partial charge in [-0.2, -0.15) is 0 Å². The van der Waals surface area contributed by atoms with Gasteiger partial charge in [-0.05, 0) is 389 Å². The largest absolute Gasteiger partial charge is 0.481 e. The number of ketones is 1. The van der Waals surface area contributed by atoms with E-state index >= 15 is 9.59 Å². The maximum Gasteiger partial charge on any atom is 0.303 e. The second-order valence-electron chi connectivity index (χ2n) is 37.2. The number of carboxylic acids is 1. The number of amides is 2. The first-order chi connectivity index (χ1) is 52.8. The number of allylic oxidation sites excluding steroid dienone is 1. The third-order valence-corrected chi connectivity index (χ3v) is 35.0. The van der Waals surface area contributed by atoms with Crippen LogP contribution in [0.5, 0.6) is 0 Å². The minimum Gasteiger partial charge on any atom is -0.481 e. The molecule has 5 aliphatic carbocycles. The van der Waals surface area contributed by atoms with Gasteiger partial charge in [0.1, 0.15) is 0 Å². The van der Waals surface area contributed by atoms with Crippen LogP contribution in [0.3, 0.4) is 0 Å². The van der Waals surface area contributed by atoms with Crippen LogP contribution in [0.15, 0.2) is 29.8 Å². The van der Waals surface area contributed by atoms with Crippen molar-refractivity contribution in [3.63, 3.8) is 0 Å². The third kappa shape index (κ3) is 3.39. The lowest BCUT2D eigenvalue weighted by Crippen LogP contribution is -2.54. The fourth-order valence-electron chi connectivity index (χ4n) is 32.7. The number of aromatic amines is 2. The minimum absolute atomic E-state index is 0.0211. The summed E-state index contributed by atoms with van der Waals surface area (Å²) in [7, 11) is 0. The van der Waals surface area contributed by atoms with Crippen molar-refractivity contribution < 1.29 is 24.3 Å². The summed E-state index contributed by atoms with van der Waals surface area (Å²) in [6.07, 6.45) is 4.86. The van der Waals surface area contributed by atoms with Crippen molar-refractivity contribution in [3.05, 3.63) is 103 Å². The van der Waals surface area contributed by atoms with Gasteiger partial charge in [0.05, 0.1) is 34.4 Å². The molecule has 0 unspecified atom stereocenters. The molecule has 28 aromatic carbocycles. The number of aryl methyl sites for hydroxylation is 2. The zero-order valence-corrected chi connectivity index (χ0v) is 58.3. The second kappa shape index (κ2) is 12.6. The predicted molar refractivity (Wildman–Crippen MR) is 437 cm³/mol. The number of fused-ring (bicyclic) bond motifs is 8. The van der Waals surface area contributed by atoms with Crippen LogP contribution in [0, 0.1) is 13.8 Å². The molecule has 2 amide bonds. The van der Waals surface area contributed by atoms with Crippen LogP contribution in [-0.4, -0.2) is 60.1 Å². The average molecular weight is 1370 g/mol. The summed E-state index contributed by atoms with van der Waals surface area (Å²) in [6, 6.07) is 6.14. The summed E-state index contributed by atoms with van der Waals surface area (Å²) in [5, 5.41) is 94.5. The van der Waals surface area contributed by atoms with E-state index < -0.39 is 28.6 Å². The van der Waals surface area contributed by atoms with Gasteiger partial charge in [-0.1, -0.05) is 32.4 Å². The second-order valence-corrected chi connectivity index (χ2v) is 37.2. The number of carbonyl (C=O) groups excluding carboxylic acids is 3. The van der Waals surface area contributed by atoms with Crippen LogP contribution in [0.25, 0.3) is 313 Å². The molecule has 10 heteroatoms. The number of hydrogen-bond donors (Lipinski definition) is 3. The standard InChI is InChI=1S/C98H41N5O5/c1-7-23-17(2)25-14-30-32(21(6)104)19(4)27(100-30)12-26-18(3)24(8-9-31(105)106)93(101-26)88-94-33(20(5)28(102-94)13-29(23)99-25)95(107)103(96(88)108)16-22-10-11-97-89-80-72-62-52-44-36-34-35-38-42-40(36)48-56-50(42)60-54-46(38)47-39(35)43-41-37(34)45(44)53-59-49(41)57-51(43)61-55(47)65-64(54)74-68(60)78-70(56)76(66(72)58(48)52)82(89)84(78)91-86(74)87-75(65)69(61)79-71(57)77-67(59)73(63(53)62)81(80)90(97)83(77)85(79)92(87)98(91,97)15-22/h10,12-14,17-18,23-24,100,102H,7-9,11,15-16H2,1-6H3,(H,105,106)/t17-,18-,23-,24-,97?,98?/m0/s1. The van der Waals surface area contributed by atoms with E-state index in [1.807, 2.05) is 26.0 Å². The highest BCUT2D eigenvalue weighted by atomic mass is 16.4. The molecule has 8 bridgehead atoms. The highest BCUT2D eigenvalue weighted by Gasteiger charge is 2.70. The first kappa shape index (κ1) is 48.7. The highest BCUT2D eigenvalue weighted by Crippen LogP contribution is 2.86. The number of benzene rings is 18. The number of aliphatic carboxylic acids is 1. The first-order valence-electron chi connectivity index (χ1n) is 39.6. The smallest absolute Gasteiger partial charge is 0.303 e. The third-order valence-electron chi connectivity index (χ3n) is 35.0. The molecule has 3 aliphatic heterocycles. The maximum atomic E-state index is 17.2. The Morgan fingerprint density at radius 1 is 0.435 bits per heavy atom. The van der Waals surface area contributed by atoms with Crippen molar-refractivity contribution in [2.24, 2.45) is 0 Å². The summed E-state index contributed by atoms with van der Waals surface area (Å²) < 4.78 is 0. The minimum atomic E-state index is -0.926. The van der Waals surface area contributed by atoms with Gasteiger partial charge in [0.2, 0.25) is 0 Å². The van der Waals surface area contributed by atoms with Crippen molar-refractivity contribution in [2.75, 3.05) is 6.54 Å². The number of aromatic nitrogens is 4. The maximum absolute atomic E-state index is 17.2. The van der Waals surface area contributed by atoms with Gasteiger partial charge in [-0.3, -0.25) is 34.0 Å². The number of carbonyl (C=O) groups is 4. The summed E-state index contributed by atoms with van der Waals surface area (Å²) >= 11 is 0. The van der Waals surface area contributed by atoms with E-state index in [9.17, 15) is 14.7 Å². The molecule has 6 heterocycles. The molecule has 31 aromatic rings. The molecule has 0 fully saturated rings. The van der Waals surface area contributed by atoms with Crippen molar-refractivity contribution in [3.8, 4) is 0 Å². The molecule has 2 spiro atoms. The number of hydrogen-bond acceptors (Lipinski definition) is 6. The van der Waals surface area contributed by atoms with Crippen LogP contribution in [0.1, 0.15) is 171 Å². The number of imide groups is 1. The molecule has 10 nitrogen and oxygen atoms in total. The topological polar surface area (TPSA) is 149 Å². The molecule has 0 radical (unpaired) electrons. The van der Waals surface area contributed by atoms with Crippen LogP contribution in [0.2, 0.25) is 0 Å². The van der Waals surface area contributed by atoms with Crippen LogP contribution in [0.4, 0.5) is 0 Å². The van der Waals surface area contributed by atoms with E-state index in [-0.39, 0.29) is 48.8 Å². The Labute approximate surface area is 599 Å². The number of H-pyrrole nitrogens is 2. The van der Waals surface area contributed by atoms with Gasteiger partial charge in [-0.25, -0.2) is 0 Å².